The maximum atomic E-state index is 13.2. The molecule has 0 bridgehead atoms. The number of nitriles is 1. The Balaban J connectivity index is 2.24. The average molecular weight is 296 g/mol. The normalized spacial score (nSPS) is 10.0. The molecular formula is C14H8Cl2FNO. The predicted molar refractivity (Wildman–Crippen MR) is 71.9 cm³/mol. The summed E-state index contributed by atoms with van der Waals surface area (Å²) in [4.78, 5) is 0. The number of hydrogen-bond donors (Lipinski definition) is 0. The van der Waals surface area contributed by atoms with Gasteiger partial charge in [-0.15, -0.1) is 0 Å². The van der Waals surface area contributed by atoms with Crippen molar-refractivity contribution in [2.24, 2.45) is 0 Å². The molecule has 5 heteroatoms. The Labute approximate surface area is 119 Å². The van der Waals surface area contributed by atoms with Crippen LogP contribution in [0.3, 0.4) is 0 Å². The van der Waals surface area contributed by atoms with E-state index in [-0.39, 0.29) is 6.61 Å². The molecular weight excluding hydrogens is 288 g/mol. The van der Waals surface area contributed by atoms with Crippen molar-refractivity contribution < 1.29 is 9.13 Å². The molecule has 2 rings (SSSR count). The SMILES string of the molecule is N#Cc1ccc(F)cc1COc1c(Cl)cccc1Cl. The quantitative estimate of drug-likeness (QED) is 0.830. The molecule has 0 aromatic heterocycles. The molecule has 0 spiro atoms. The standard InChI is InChI=1S/C14H8Cl2FNO/c15-12-2-1-3-13(16)14(12)19-8-10-6-11(17)5-4-9(10)7-18/h1-6H,8H2. The van der Waals surface area contributed by atoms with Gasteiger partial charge < -0.3 is 4.74 Å². The van der Waals surface area contributed by atoms with Gasteiger partial charge in [-0.05, 0) is 30.3 Å². The molecule has 0 aliphatic rings. The molecule has 0 aliphatic carbocycles. The zero-order chi connectivity index (χ0) is 13.8. The highest BCUT2D eigenvalue weighted by Crippen LogP contribution is 2.33. The van der Waals surface area contributed by atoms with Crippen molar-refractivity contribution in [1.29, 1.82) is 5.26 Å². The van der Waals surface area contributed by atoms with E-state index < -0.39 is 5.82 Å². The Morgan fingerprint density at radius 2 is 1.84 bits per heavy atom. The minimum Gasteiger partial charge on any atom is -0.486 e. The van der Waals surface area contributed by atoms with Gasteiger partial charge in [0.15, 0.2) is 5.75 Å². The second-order valence-corrected chi connectivity index (χ2v) is 4.57. The summed E-state index contributed by atoms with van der Waals surface area (Å²) in [5.74, 6) is -0.109. The lowest BCUT2D eigenvalue weighted by Gasteiger charge is -2.10. The summed E-state index contributed by atoms with van der Waals surface area (Å²) in [6.45, 7) is 0.0180. The van der Waals surface area contributed by atoms with Crippen molar-refractivity contribution in [3.05, 3.63) is 63.4 Å². The van der Waals surface area contributed by atoms with Crippen molar-refractivity contribution in [3.8, 4) is 11.8 Å². The number of rotatable bonds is 3. The zero-order valence-electron chi connectivity index (χ0n) is 9.66. The molecule has 0 aliphatic heterocycles. The first-order valence-electron chi connectivity index (χ1n) is 5.37. The van der Waals surface area contributed by atoms with E-state index in [0.29, 0.717) is 26.9 Å². The molecule has 0 heterocycles. The maximum absolute atomic E-state index is 13.2. The highest BCUT2D eigenvalue weighted by atomic mass is 35.5. The number of nitrogens with zero attached hydrogens (tertiary/aromatic N) is 1. The topological polar surface area (TPSA) is 33.0 Å². The van der Waals surface area contributed by atoms with E-state index in [2.05, 4.69) is 0 Å². The van der Waals surface area contributed by atoms with Crippen molar-refractivity contribution >= 4 is 23.2 Å². The van der Waals surface area contributed by atoms with Crippen LogP contribution < -0.4 is 4.74 Å². The van der Waals surface area contributed by atoms with Gasteiger partial charge in [0.05, 0.1) is 21.7 Å². The molecule has 2 aromatic rings. The fourth-order valence-corrected chi connectivity index (χ4v) is 2.07. The van der Waals surface area contributed by atoms with E-state index in [1.54, 1.807) is 18.2 Å². The first-order chi connectivity index (χ1) is 9.11. The fraction of sp³-hybridized carbons (Fsp3) is 0.0714. The summed E-state index contributed by atoms with van der Waals surface area (Å²) in [7, 11) is 0. The molecule has 0 fully saturated rings. The van der Waals surface area contributed by atoms with Crippen LogP contribution >= 0.6 is 23.2 Å². The minimum absolute atomic E-state index is 0.0180. The third kappa shape index (κ3) is 3.17. The van der Waals surface area contributed by atoms with Crippen LogP contribution in [0.5, 0.6) is 5.75 Å². The van der Waals surface area contributed by atoms with E-state index in [1.165, 1.54) is 18.2 Å². The molecule has 2 nitrogen and oxygen atoms in total. The lowest BCUT2D eigenvalue weighted by atomic mass is 10.1. The van der Waals surface area contributed by atoms with E-state index in [4.69, 9.17) is 33.2 Å². The average Bonchev–Trinajstić information content (AvgIpc) is 2.38. The Bertz CT molecular complexity index is 632. The van der Waals surface area contributed by atoms with E-state index >= 15 is 0 Å². The lowest BCUT2D eigenvalue weighted by Crippen LogP contribution is -2.00. The third-order valence-corrected chi connectivity index (χ3v) is 3.07. The predicted octanol–water partition coefficient (Wildman–Crippen LogP) is 4.58. The highest BCUT2D eigenvalue weighted by molar-refractivity contribution is 6.37. The first kappa shape index (κ1) is 13.7. The Morgan fingerprint density at radius 3 is 2.47 bits per heavy atom. The number of ether oxygens (including phenoxy) is 1. The number of benzene rings is 2. The van der Waals surface area contributed by atoms with E-state index in [1.807, 2.05) is 6.07 Å². The van der Waals surface area contributed by atoms with Crippen LogP contribution in [0.1, 0.15) is 11.1 Å². The lowest BCUT2D eigenvalue weighted by molar-refractivity contribution is 0.305. The number of hydrogen-bond acceptors (Lipinski definition) is 2. The first-order valence-corrected chi connectivity index (χ1v) is 6.12. The summed E-state index contributed by atoms with van der Waals surface area (Å²) in [5.41, 5.74) is 0.795. The molecule has 19 heavy (non-hydrogen) atoms. The molecule has 0 N–H and O–H groups in total. The van der Waals surface area contributed by atoms with Crippen molar-refractivity contribution in [3.63, 3.8) is 0 Å². The van der Waals surface area contributed by atoms with Crippen molar-refractivity contribution in [2.75, 3.05) is 0 Å². The third-order valence-electron chi connectivity index (χ3n) is 2.48. The Kier molecular flexibility index (Phi) is 4.26. The van der Waals surface area contributed by atoms with Crippen LogP contribution in [0.2, 0.25) is 10.0 Å². The molecule has 0 radical (unpaired) electrons. The van der Waals surface area contributed by atoms with Crippen molar-refractivity contribution in [2.45, 2.75) is 6.61 Å². The molecule has 0 atom stereocenters. The van der Waals surface area contributed by atoms with Crippen LogP contribution in [-0.2, 0) is 6.61 Å². The number of halogens is 3. The highest BCUT2D eigenvalue weighted by Gasteiger charge is 2.09. The van der Waals surface area contributed by atoms with E-state index in [9.17, 15) is 4.39 Å². The van der Waals surface area contributed by atoms with Gasteiger partial charge in [0.25, 0.3) is 0 Å². The maximum Gasteiger partial charge on any atom is 0.156 e. The Hall–Kier alpha value is -1.76. The minimum atomic E-state index is -0.428. The van der Waals surface area contributed by atoms with Gasteiger partial charge in [-0.3, -0.25) is 0 Å². The van der Waals surface area contributed by atoms with Gasteiger partial charge in [-0.1, -0.05) is 29.3 Å². The van der Waals surface area contributed by atoms with E-state index in [0.717, 1.165) is 0 Å². The van der Waals surface area contributed by atoms with Gasteiger partial charge >= 0.3 is 0 Å². The molecule has 96 valence electrons. The smallest absolute Gasteiger partial charge is 0.156 e. The van der Waals surface area contributed by atoms with Crippen molar-refractivity contribution in [1.82, 2.24) is 0 Å². The van der Waals surface area contributed by atoms with Crippen LogP contribution in [0, 0.1) is 17.1 Å². The second kappa shape index (κ2) is 5.92. The monoisotopic (exact) mass is 295 g/mol. The van der Waals surface area contributed by atoms with Gasteiger partial charge in [0.2, 0.25) is 0 Å². The molecule has 0 saturated heterocycles. The van der Waals surface area contributed by atoms with Gasteiger partial charge in [0.1, 0.15) is 12.4 Å². The summed E-state index contributed by atoms with van der Waals surface area (Å²) < 4.78 is 18.6. The molecule has 0 amide bonds. The van der Waals surface area contributed by atoms with Crippen LogP contribution in [0.15, 0.2) is 36.4 Å². The summed E-state index contributed by atoms with van der Waals surface area (Å²) in [6.07, 6.45) is 0. The largest absolute Gasteiger partial charge is 0.486 e. The summed E-state index contributed by atoms with van der Waals surface area (Å²) in [5, 5.41) is 9.66. The van der Waals surface area contributed by atoms with Gasteiger partial charge in [-0.25, -0.2) is 4.39 Å². The van der Waals surface area contributed by atoms with Gasteiger partial charge in [0, 0.05) is 5.56 Å². The van der Waals surface area contributed by atoms with Crippen LogP contribution in [-0.4, -0.2) is 0 Å². The fourth-order valence-electron chi connectivity index (χ4n) is 1.56. The van der Waals surface area contributed by atoms with Crippen LogP contribution in [0.25, 0.3) is 0 Å². The molecule has 0 saturated carbocycles. The molecule has 0 unspecified atom stereocenters. The summed E-state index contributed by atoms with van der Waals surface area (Å²) >= 11 is 11.9. The second-order valence-electron chi connectivity index (χ2n) is 3.75. The summed E-state index contributed by atoms with van der Waals surface area (Å²) in [6, 6.07) is 10.8. The van der Waals surface area contributed by atoms with Crippen LogP contribution in [0.4, 0.5) is 4.39 Å². The Morgan fingerprint density at radius 1 is 1.16 bits per heavy atom. The number of para-hydroxylation sites is 1. The molecule has 2 aromatic carbocycles. The zero-order valence-corrected chi connectivity index (χ0v) is 11.2. The van der Waals surface area contributed by atoms with Gasteiger partial charge in [-0.2, -0.15) is 5.26 Å².